The molecule has 0 aliphatic heterocycles. The van der Waals surface area contributed by atoms with Crippen molar-refractivity contribution < 1.29 is 0 Å². The van der Waals surface area contributed by atoms with E-state index in [-0.39, 0.29) is 0 Å². The molecule has 0 saturated carbocycles. The quantitative estimate of drug-likeness (QED) is 0.729. The number of fused-ring (bicyclic) bond motifs is 2. The Hall–Kier alpha value is -1.08. The van der Waals surface area contributed by atoms with E-state index in [1.54, 1.807) is 0 Å². The number of aromatic nitrogens is 1. The molecule has 1 aliphatic rings. The molecule has 17 heavy (non-hydrogen) atoms. The molecule has 0 spiro atoms. The summed E-state index contributed by atoms with van der Waals surface area (Å²) in [4.78, 5) is 4.86. The summed E-state index contributed by atoms with van der Waals surface area (Å²) in [5.74, 6) is 0. The lowest BCUT2D eigenvalue weighted by molar-refractivity contribution is 0.671. The zero-order valence-corrected chi connectivity index (χ0v) is 10.8. The van der Waals surface area contributed by atoms with Gasteiger partial charge in [-0.25, -0.2) is 0 Å². The molecule has 0 fully saturated rings. The van der Waals surface area contributed by atoms with Gasteiger partial charge in [-0.3, -0.25) is 4.98 Å². The van der Waals surface area contributed by atoms with Gasteiger partial charge in [0.1, 0.15) is 0 Å². The van der Waals surface area contributed by atoms with E-state index in [2.05, 4.69) is 25.1 Å². The van der Waals surface area contributed by atoms with E-state index in [9.17, 15) is 0 Å². The Morgan fingerprint density at radius 3 is 2.88 bits per heavy atom. The van der Waals surface area contributed by atoms with Crippen LogP contribution in [-0.2, 0) is 19.3 Å². The van der Waals surface area contributed by atoms with Crippen LogP contribution in [0.1, 0.15) is 36.6 Å². The normalized spacial score (nSPS) is 14.9. The van der Waals surface area contributed by atoms with Gasteiger partial charge in [0.25, 0.3) is 0 Å². The Morgan fingerprint density at radius 2 is 2.06 bits per heavy atom. The van der Waals surface area contributed by atoms with Crippen molar-refractivity contribution in [1.82, 2.24) is 4.98 Å². The summed E-state index contributed by atoms with van der Waals surface area (Å²) < 4.78 is 0. The van der Waals surface area contributed by atoms with Crippen molar-refractivity contribution in [3.63, 3.8) is 0 Å². The molecule has 0 radical (unpaired) electrons. The maximum atomic E-state index is 6.55. The molecule has 0 saturated heterocycles. The number of halogens is 1. The fraction of sp³-hybridized carbons (Fsp3) is 0.400. The summed E-state index contributed by atoms with van der Waals surface area (Å²) in [7, 11) is 0. The van der Waals surface area contributed by atoms with Crippen molar-refractivity contribution >= 4 is 22.5 Å². The monoisotopic (exact) mass is 245 g/mol. The maximum Gasteiger partial charge on any atom is 0.0752 e. The Bertz CT molecular complexity index is 575. The van der Waals surface area contributed by atoms with Gasteiger partial charge in [0.2, 0.25) is 0 Å². The van der Waals surface area contributed by atoms with Gasteiger partial charge in [0.15, 0.2) is 0 Å². The second-order valence-electron chi connectivity index (χ2n) is 4.72. The molecule has 1 nitrogen and oxygen atoms in total. The predicted octanol–water partition coefficient (Wildman–Crippen LogP) is 4.33. The lowest BCUT2D eigenvalue weighted by atomic mass is 9.93. The van der Waals surface area contributed by atoms with Crippen molar-refractivity contribution in [2.45, 2.75) is 39.0 Å². The van der Waals surface area contributed by atoms with Crippen molar-refractivity contribution in [3.8, 4) is 0 Å². The number of aryl methyl sites for hydroxylation is 2. The van der Waals surface area contributed by atoms with E-state index >= 15 is 0 Å². The molecule has 1 heterocycles. The van der Waals surface area contributed by atoms with Crippen LogP contribution in [0.4, 0.5) is 0 Å². The molecule has 1 aliphatic carbocycles. The smallest absolute Gasteiger partial charge is 0.0752 e. The summed E-state index contributed by atoms with van der Waals surface area (Å²) in [5.41, 5.74) is 4.94. The van der Waals surface area contributed by atoms with Crippen molar-refractivity contribution in [2.75, 3.05) is 0 Å². The van der Waals surface area contributed by atoms with Crippen LogP contribution in [0.2, 0.25) is 5.02 Å². The van der Waals surface area contributed by atoms with Crippen LogP contribution < -0.4 is 0 Å². The standard InChI is InChI=1S/C15H16ClN/c1-2-10-6-5-8-12-14(16)11-7-3-4-9-13(11)17-15(10)12/h5-6,8H,2-4,7,9H2,1H3. The molecule has 88 valence electrons. The number of benzene rings is 1. The molecule has 0 amide bonds. The zero-order valence-electron chi connectivity index (χ0n) is 10.1. The topological polar surface area (TPSA) is 12.9 Å². The van der Waals surface area contributed by atoms with Gasteiger partial charge in [-0.05, 0) is 43.2 Å². The first-order valence-corrected chi connectivity index (χ1v) is 6.78. The highest BCUT2D eigenvalue weighted by atomic mass is 35.5. The Labute approximate surface area is 107 Å². The second kappa shape index (κ2) is 4.30. The average Bonchev–Trinajstić information content (AvgIpc) is 2.38. The number of hydrogen-bond acceptors (Lipinski definition) is 1. The maximum absolute atomic E-state index is 6.55. The third kappa shape index (κ3) is 1.73. The molecule has 0 bridgehead atoms. The minimum Gasteiger partial charge on any atom is -0.252 e. The summed E-state index contributed by atoms with van der Waals surface area (Å²) in [6.07, 6.45) is 5.68. The van der Waals surface area contributed by atoms with Crippen LogP contribution in [0, 0.1) is 0 Å². The van der Waals surface area contributed by atoms with Crippen molar-refractivity contribution in [2.24, 2.45) is 0 Å². The molecule has 2 aromatic rings. The highest BCUT2D eigenvalue weighted by molar-refractivity contribution is 6.36. The predicted molar refractivity (Wildman–Crippen MR) is 72.8 cm³/mol. The fourth-order valence-electron chi connectivity index (χ4n) is 2.73. The molecule has 1 aromatic heterocycles. The summed E-state index contributed by atoms with van der Waals surface area (Å²) in [6.45, 7) is 2.17. The first-order chi connectivity index (χ1) is 8.31. The average molecular weight is 246 g/mol. The molecule has 1 aromatic carbocycles. The van der Waals surface area contributed by atoms with Crippen LogP contribution in [0.5, 0.6) is 0 Å². The highest BCUT2D eigenvalue weighted by Gasteiger charge is 2.17. The van der Waals surface area contributed by atoms with Gasteiger partial charge in [-0.2, -0.15) is 0 Å². The van der Waals surface area contributed by atoms with Crippen LogP contribution >= 0.6 is 11.6 Å². The van der Waals surface area contributed by atoms with Gasteiger partial charge in [-0.1, -0.05) is 36.7 Å². The summed E-state index contributed by atoms with van der Waals surface area (Å²) in [6, 6.07) is 6.34. The van der Waals surface area contributed by atoms with Gasteiger partial charge in [0.05, 0.1) is 10.5 Å². The third-order valence-corrected chi connectivity index (χ3v) is 4.12. The molecule has 3 rings (SSSR count). The van der Waals surface area contributed by atoms with Crippen LogP contribution in [0.25, 0.3) is 10.9 Å². The van der Waals surface area contributed by atoms with E-state index in [0.717, 1.165) is 35.2 Å². The number of rotatable bonds is 1. The summed E-state index contributed by atoms with van der Waals surface area (Å²) >= 11 is 6.55. The first kappa shape index (κ1) is 11.0. The minimum atomic E-state index is 0.944. The zero-order chi connectivity index (χ0) is 11.8. The third-order valence-electron chi connectivity index (χ3n) is 3.69. The van der Waals surface area contributed by atoms with E-state index in [1.807, 2.05) is 0 Å². The Morgan fingerprint density at radius 1 is 1.24 bits per heavy atom. The van der Waals surface area contributed by atoms with Crippen LogP contribution in [0.15, 0.2) is 18.2 Å². The molecule has 2 heteroatoms. The second-order valence-corrected chi connectivity index (χ2v) is 5.10. The minimum absolute atomic E-state index is 0.944. The Balaban J connectivity index is 2.35. The van der Waals surface area contributed by atoms with Crippen LogP contribution in [0.3, 0.4) is 0 Å². The van der Waals surface area contributed by atoms with Gasteiger partial charge >= 0.3 is 0 Å². The molecular weight excluding hydrogens is 230 g/mol. The number of para-hydroxylation sites is 1. The molecule has 0 N–H and O–H groups in total. The highest BCUT2D eigenvalue weighted by Crippen LogP contribution is 2.33. The van der Waals surface area contributed by atoms with E-state index in [0.29, 0.717) is 0 Å². The number of hydrogen-bond donors (Lipinski definition) is 0. The molecule has 0 atom stereocenters. The lowest BCUT2D eigenvalue weighted by Crippen LogP contribution is -2.07. The van der Waals surface area contributed by atoms with Crippen molar-refractivity contribution in [3.05, 3.63) is 40.0 Å². The van der Waals surface area contributed by atoms with Crippen molar-refractivity contribution in [1.29, 1.82) is 0 Å². The largest absolute Gasteiger partial charge is 0.252 e. The van der Waals surface area contributed by atoms with E-state index in [1.165, 1.54) is 29.7 Å². The van der Waals surface area contributed by atoms with Gasteiger partial charge in [-0.15, -0.1) is 0 Å². The summed E-state index contributed by atoms with van der Waals surface area (Å²) in [5, 5.41) is 2.08. The molecular formula is C15H16ClN. The number of pyridine rings is 1. The first-order valence-electron chi connectivity index (χ1n) is 6.40. The lowest BCUT2D eigenvalue weighted by Gasteiger charge is -2.18. The Kier molecular flexibility index (Phi) is 2.79. The molecule has 0 unspecified atom stereocenters. The number of nitrogens with zero attached hydrogens (tertiary/aromatic N) is 1. The van der Waals surface area contributed by atoms with Gasteiger partial charge < -0.3 is 0 Å². The van der Waals surface area contributed by atoms with Gasteiger partial charge in [0, 0.05) is 11.1 Å². The SMILES string of the molecule is CCc1cccc2c(Cl)c3c(nc12)CCCC3. The van der Waals surface area contributed by atoms with E-state index < -0.39 is 0 Å². The van der Waals surface area contributed by atoms with E-state index in [4.69, 9.17) is 16.6 Å². The van der Waals surface area contributed by atoms with Crippen LogP contribution in [-0.4, -0.2) is 4.98 Å². The fourth-order valence-corrected chi connectivity index (χ4v) is 3.09.